The molecule has 0 spiro atoms. The third-order valence-electron chi connectivity index (χ3n) is 3.08. The van der Waals surface area contributed by atoms with Gasteiger partial charge in [-0.05, 0) is 24.0 Å². The van der Waals surface area contributed by atoms with Crippen LogP contribution in [0.5, 0.6) is 0 Å². The molecular formula is C18H20N2O2. The van der Waals surface area contributed by atoms with Gasteiger partial charge in [-0.25, -0.2) is 0 Å². The second-order valence-electron chi connectivity index (χ2n) is 4.86. The topological polar surface area (TPSA) is 50.7 Å². The van der Waals surface area contributed by atoms with Crippen LogP contribution in [0.2, 0.25) is 0 Å². The highest BCUT2D eigenvalue weighted by atomic mass is 16.6. The second-order valence-corrected chi connectivity index (χ2v) is 4.86. The predicted octanol–water partition coefficient (Wildman–Crippen LogP) is 2.79. The number of nitrogens with one attached hydrogen (secondary N) is 1. The van der Waals surface area contributed by atoms with Crippen LogP contribution in [0.3, 0.4) is 0 Å². The molecule has 0 saturated carbocycles. The molecule has 2 rings (SSSR count). The van der Waals surface area contributed by atoms with Gasteiger partial charge in [0.05, 0.1) is 6.21 Å². The molecule has 0 aliphatic rings. The lowest BCUT2D eigenvalue weighted by molar-refractivity contribution is -0.125. The van der Waals surface area contributed by atoms with E-state index in [2.05, 4.69) is 22.6 Å². The van der Waals surface area contributed by atoms with Gasteiger partial charge < -0.3 is 10.2 Å². The number of hydrogen-bond donors (Lipinski definition) is 1. The van der Waals surface area contributed by atoms with E-state index in [1.54, 1.807) is 6.21 Å². The molecule has 2 aromatic rings. The Bertz CT molecular complexity index is 583. The highest BCUT2D eigenvalue weighted by Gasteiger charge is 2.00. The van der Waals surface area contributed by atoms with Crippen molar-refractivity contribution >= 4 is 12.1 Å². The zero-order chi connectivity index (χ0) is 15.5. The van der Waals surface area contributed by atoms with Crippen LogP contribution in [0.15, 0.2) is 65.8 Å². The molecule has 4 heteroatoms. The molecule has 0 radical (unpaired) electrons. The van der Waals surface area contributed by atoms with Crippen LogP contribution in [0.1, 0.15) is 17.5 Å². The molecule has 0 fully saturated rings. The number of carbonyl (C=O) groups is 1. The van der Waals surface area contributed by atoms with E-state index in [9.17, 15) is 4.79 Å². The van der Waals surface area contributed by atoms with Crippen LogP contribution in [0.4, 0.5) is 0 Å². The molecule has 0 bridgehead atoms. The summed E-state index contributed by atoms with van der Waals surface area (Å²) in [5, 5.41) is 6.59. The van der Waals surface area contributed by atoms with E-state index < -0.39 is 0 Å². The largest absolute Gasteiger partial charge is 0.386 e. The average Bonchev–Trinajstić information content (AvgIpc) is 2.57. The summed E-state index contributed by atoms with van der Waals surface area (Å²) in [5.41, 5.74) is 2.21. The SMILES string of the molecule is O=C(CO/N=C\c1ccccc1)NCCCc1ccccc1. The Morgan fingerprint density at radius 3 is 2.45 bits per heavy atom. The first-order chi connectivity index (χ1) is 10.8. The first kappa shape index (κ1) is 15.8. The Labute approximate surface area is 130 Å². The Hall–Kier alpha value is -2.62. The number of carbonyl (C=O) groups excluding carboxylic acids is 1. The number of hydrogen-bond acceptors (Lipinski definition) is 3. The second kappa shape index (κ2) is 9.34. The van der Waals surface area contributed by atoms with E-state index in [1.165, 1.54) is 5.56 Å². The predicted molar refractivity (Wildman–Crippen MR) is 87.8 cm³/mol. The zero-order valence-corrected chi connectivity index (χ0v) is 12.4. The van der Waals surface area contributed by atoms with Crippen LogP contribution in [-0.4, -0.2) is 25.3 Å². The fourth-order valence-electron chi connectivity index (χ4n) is 1.95. The fraction of sp³-hybridized carbons (Fsp3) is 0.222. The summed E-state index contributed by atoms with van der Waals surface area (Å²) >= 11 is 0. The maximum absolute atomic E-state index is 11.6. The van der Waals surface area contributed by atoms with Crippen molar-refractivity contribution in [2.24, 2.45) is 5.16 Å². The van der Waals surface area contributed by atoms with Crippen LogP contribution in [0.25, 0.3) is 0 Å². The molecule has 22 heavy (non-hydrogen) atoms. The standard InChI is InChI=1S/C18H20N2O2/c21-18(15-22-20-14-17-10-5-2-6-11-17)19-13-7-12-16-8-3-1-4-9-16/h1-6,8-11,14H,7,12-13,15H2,(H,19,21)/b20-14-. The van der Waals surface area contributed by atoms with Gasteiger partial charge in [0, 0.05) is 6.54 Å². The summed E-state index contributed by atoms with van der Waals surface area (Å²) in [6, 6.07) is 19.8. The molecule has 1 N–H and O–H groups in total. The molecule has 2 aromatic carbocycles. The summed E-state index contributed by atoms with van der Waals surface area (Å²) in [5.74, 6) is -0.154. The van der Waals surface area contributed by atoms with Gasteiger partial charge in [-0.2, -0.15) is 0 Å². The molecular weight excluding hydrogens is 276 g/mol. The number of nitrogens with zero attached hydrogens (tertiary/aromatic N) is 1. The van der Waals surface area contributed by atoms with Crippen molar-refractivity contribution in [3.63, 3.8) is 0 Å². The maximum atomic E-state index is 11.6. The van der Waals surface area contributed by atoms with Gasteiger partial charge in [-0.3, -0.25) is 4.79 Å². The average molecular weight is 296 g/mol. The van der Waals surface area contributed by atoms with Crippen LogP contribution < -0.4 is 5.32 Å². The van der Waals surface area contributed by atoms with Crippen molar-refractivity contribution in [2.45, 2.75) is 12.8 Å². The number of aryl methyl sites for hydroxylation is 1. The van der Waals surface area contributed by atoms with Crippen molar-refractivity contribution in [1.82, 2.24) is 5.32 Å². The van der Waals surface area contributed by atoms with E-state index in [0.29, 0.717) is 6.54 Å². The number of oxime groups is 1. The van der Waals surface area contributed by atoms with Gasteiger partial charge in [0.25, 0.3) is 5.91 Å². The summed E-state index contributed by atoms with van der Waals surface area (Å²) in [6.07, 6.45) is 3.44. The first-order valence-electron chi connectivity index (χ1n) is 7.35. The number of rotatable bonds is 8. The van der Waals surface area contributed by atoms with Crippen molar-refractivity contribution in [3.8, 4) is 0 Å². The molecule has 0 aliphatic carbocycles. The summed E-state index contributed by atoms with van der Waals surface area (Å²) in [4.78, 5) is 16.5. The summed E-state index contributed by atoms with van der Waals surface area (Å²) < 4.78 is 0. The lowest BCUT2D eigenvalue weighted by Crippen LogP contribution is -2.28. The highest BCUT2D eigenvalue weighted by molar-refractivity contribution is 5.79. The Kier molecular flexibility index (Phi) is 6.69. The minimum absolute atomic E-state index is 0.0608. The molecule has 0 atom stereocenters. The monoisotopic (exact) mass is 296 g/mol. The maximum Gasteiger partial charge on any atom is 0.260 e. The van der Waals surface area contributed by atoms with Crippen molar-refractivity contribution < 1.29 is 9.63 Å². The Morgan fingerprint density at radius 2 is 1.73 bits per heavy atom. The molecule has 1 amide bonds. The molecule has 0 aromatic heterocycles. The fourth-order valence-corrected chi connectivity index (χ4v) is 1.95. The number of benzene rings is 2. The van der Waals surface area contributed by atoms with E-state index >= 15 is 0 Å². The molecule has 4 nitrogen and oxygen atoms in total. The van der Waals surface area contributed by atoms with E-state index in [0.717, 1.165) is 18.4 Å². The van der Waals surface area contributed by atoms with Crippen molar-refractivity contribution in [1.29, 1.82) is 0 Å². The van der Waals surface area contributed by atoms with Gasteiger partial charge >= 0.3 is 0 Å². The summed E-state index contributed by atoms with van der Waals surface area (Å²) in [7, 11) is 0. The first-order valence-corrected chi connectivity index (χ1v) is 7.35. The van der Waals surface area contributed by atoms with Crippen LogP contribution in [0, 0.1) is 0 Å². The normalized spacial score (nSPS) is 10.5. The highest BCUT2D eigenvalue weighted by Crippen LogP contribution is 2.01. The van der Waals surface area contributed by atoms with E-state index in [-0.39, 0.29) is 12.5 Å². The quantitative estimate of drug-likeness (QED) is 0.462. The minimum atomic E-state index is -0.154. The lowest BCUT2D eigenvalue weighted by atomic mass is 10.1. The lowest BCUT2D eigenvalue weighted by Gasteiger charge is -2.04. The number of amides is 1. The van der Waals surface area contributed by atoms with Gasteiger partial charge in [0.2, 0.25) is 0 Å². The molecule has 0 aliphatic heterocycles. The molecule has 114 valence electrons. The van der Waals surface area contributed by atoms with E-state index in [1.807, 2.05) is 48.5 Å². The third-order valence-corrected chi connectivity index (χ3v) is 3.08. The molecule has 0 saturated heterocycles. The zero-order valence-electron chi connectivity index (χ0n) is 12.4. The van der Waals surface area contributed by atoms with Gasteiger partial charge in [-0.1, -0.05) is 65.8 Å². The van der Waals surface area contributed by atoms with E-state index in [4.69, 9.17) is 4.84 Å². The van der Waals surface area contributed by atoms with Gasteiger partial charge in [0.15, 0.2) is 6.61 Å². The van der Waals surface area contributed by atoms with Crippen molar-refractivity contribution in [2.75, 3.05) is 13.2 Å². The molecule has 0 unspecified atom stereocenters. The van der Waals surface area contributed by atoms with Crippen LogP contribution in [-0.2, 0) is 16.1 Å². The Morgan fingerprint density at radius 1 is 1.05 bits per heavy atom. The van der Waals surface area contributed by atoms with Crippen LogP contribution >= 0.6 is 0 Å². The molecule has 0 heterocycles. The Balaban J connectivity index is 1.55. The minimum Gasteiger partial charge on any atom is -0.386 e. The summed E-state index contributed by atoms with van der Waals surface area (Å²) in [6.45, 7) is 0.578. The third kappa shape index (κ3) is 6.22. The van der Waals surface area contributed by atoms with Crippen molar-refractivity contribution in [3.05, 3.63) is 71.8 Å². The van der Waals surface area contributed by atoms with Gasteiger partial charge in [-0.15, -0.1) is 0 Å². The van der Waals surface area contributed by atoms with Gasteiger partial charge in [0.1, 0.15) is 0 Å². The smallest absolute Gasteiger partial charge is 0.260 e.